The summed E-state index contributed by atoms with van der Waals surface area (Å²) in [5, 5.41) is 3.43. The van der Waals surface area contributed by atoms with Crippen LogP contribution in [0.25, 0.3) is 0 Å². The lowest BCUT2D eigenvalue weighted by atomic mass is 10.3. The topological polar surface area (TPSA) is 33.7 Å². The fourth-order valence-electron chi connectivity index (χ4n) is 1.91. The minimum absolute atomic E-state index is 0.769. The van der Waals surface area contributed by atoms with Gasteiger partial charge in [0.2, 0.25) is 0 Å². The van der Waals surface area contributed by atoms with Crippen LogP contribution in [0.1, 0.15) is 6.42 Å². The molecule has 0 spiro atoms. The smallest absolute Gasteiger partial charge is 0.0589 e. The van der Waals surface area contributed by atoms with Crippen molar-refractivity contribution in [1.29, 1.82) is 0 Å². The molecule has 0 saturated heterocycles. The van der Waals surface area contributed by atoms with E-state index in [1.165, 1.54) is 0 Å². The van der Waals surface area contributed by atoms with Crippen molar-refractivity contribution in [3.63, 3.8) is 0 Å². The molecule has 0 fully saturated rings. The van der Waals surface area contributed by atoms with E-state index in [1.807, 2.05) is 12.1 Å². The van der Waals surface area contributed by atoms with Crippen LogP contribution < -0.4 is 5.32 Å². The van der Waals surface area contributed by atoms with Crippen molar-refractivity contribution in [3.8, 4) is 0 Å². The van der Waals surface area contributed by atoms with Gasteiger partial charge in [-0.05, 0) is 30.7 Å². The molecule has 1 aromatic rings. The van der Waals surface area contributed by atoms with E-state index in [0.717, 1.165) is 56.0 Å². The normalized spacial score (nSPS) is 11.0. The molecular formula is C15H25BrN2O2. The Morgan fingerprint density at radius 1 is 1.00 bits per heavy atom. The van der Waals surface area contributed by atoms with Gasteiger partial charge in [-0.3, -0.25) is 4.90 Å². The largest absolute Gasteiger partial charge is 0.385 e. The maximum atomic E-state index is 5.16. The summed E-state index contributed by atoms with van der Waals surface area (Å²) < 4.78 is 11.4. The summed E-state index contributed by atoms with van der Waals surface area (Å²) in [5.41, 5.74) is 1.15. The summed E-state index contributed by atoms with van der Waals surface area (Å²) >= 11 is 3.44. The number of methoxy groups -OCH3 is 2. The predicted molar refractivity (Wildman–Crippen MR) is 87.4 cm³/mol. The first-order valence-electron chi connectivity index (χ1n) is 6.96. The Morgan fingerprint density at radius 2 is 1.70 bits per heavy atom. The monoisotopic (exact) mass is 344 g/mol. The summed E-state index contributed by atoms with van der Waals surface area (Å²) in [4.78, 5) is 2.40. The van der Waals surface area contributed by atoms with Gasteiger partial charge in [-0.1, -0.05) is 15.9 Å². The van der Waals surface area contributed by atoms with Crippen LogP contribution >= 0.6 is 15.9 Å². The lowest BCUT2D eigenvalue weighted by molar-refractivity contribution is 0.135. The van der Waals surface area contributed by atoms with Gasteiger partial charge in [0.15, 0.2) is 0 Å². The second-order valence-electron chi connectivity index (χ2n) is 4.61. The third-order valence-corrected chi connectivity index (χ3v) is 3.56. The summed E-state index contributed by atoms with van der Waals surface area (Å²) in [6.45, 7) is 5.51. The molecule has 1 aromatic carbocycles. The number of ether oxygens (including phenoxy) is 2. The summed E-state index contributed by atoms with van der Waals surface area (Å²) in [6, 6.07) is 8.25. The van der Waals surface area contributed by atoms with Gasteiger partial charge in [0.25, 0.3) is 0 Å². The Hall–Kier alpha value is -0.620. The third kappa shape index (κ3) is 7.85. The minimum atomic E-state index is 0.769. The average molecular weight is 345 g/mol. The van der Waals surface area contributed by atoms with Crippen LogP contribution in [0.2, 0.25) is 0 Å². The number of halogens is 1. The Kier molecular flexibility index (Phi) is 9.66. The first-order valence-corrected chi connectivity index (χ1v) is 7.75. The van der Waals surface area contributed by atoms with Gasteiger partial charge in [0.05, 0.1) is 6.61 Å². The lowest BCUT2D eigenvalue weighted by Crippen LogP contribution is -2.33. The van der Waals surface area contributed by atoms with Gasteiger partial charge >= 0.3 is 0 Å². The quantitative estimate of drug-likeness (QED) is 0.626. The van der Waals surface area contributed by atoms with Crippen molar-refractivity contribution < 1.29 is 9.47 Å². The van der Waals surface area contributed by atoms with Gasteiger partial charge < -0.3 is 14.8 Å². The molecule has 1 N–H and O–H groups in total. The highest BCUT2D eigenvalue weighted by atomic mass is 79.9. The molecule has 0 aliphatic rings. The average Bonchev–Trinajstić information content (AvgIpc) is 2.46. The van der Waals surface area contributed by atoms with E-state index in [1.54, 1.807) is 14.2 Å². The van der Waals surface area contributed by atoms with Crippen molar-refractivity contribution in [2.75, 3.05) is 58.9 Å². The molecule has 0 unspecified atom stereocenters. The van der Waals surface area contributed by atoms with Crippen LogP contribution in [0.15, 0.2) is 28.7 Å². The van der Waals surface area contributed by atoms with Gasteiger partial charge in [0, 0.05) is 57.2 Å². The van der Waals surface area contributed by atoms with Crippen molar-refractivity contribution in [2.24, 2.45) is 0 Å². The molecule has 0 saturated carbocycles. The summed E-state index contributed by atoms with van der Waals surface area (Å²) in [7, 11) is 3.49. The number of hydrogen-bond donors (Lipinski definition) is 1. The fraction of sp³-hybridized carbons (Fsp3) is 0.600. The Morgan fingerprint density at radius 3 is 2.35 bits per heavy atom. The first kappa shape index (κ1) is 17.4. The predicted octanol–water partition coefficient (Wildman–Crippen LogP) is 2.85. The number of hydrogen-bond acceptors (Lipinski definition) is 4. The van der Waals surface area contributed by atoms with E-state index in [2.05, 4.69) is 38.3 Å². The van der Waals surface area contributed by atoms with Gasteiger partial charge in [0.1, 0.15) is 0 Å². The number of nitrogens with one attached hydrogen (secondary N) is 1. The van der Waals surface area contributed by atoms with Crippen LogP contribution in [-0.4, -0.2) is 58.5 Å². The van der Waals surface area contributed by atoms with Crippen molar-refractivity contribution in [2.45, 2.75) is 6.42 Å². The molecule has 20 heavy (non-hydrogen) atoms. The minimum Gasteiger partial charge on any atom is -0.385 e. The van der Waals surface area contributed by atoms with E-state index in [4.69, 9.17) is 9.47 Å². The van der Waals surface area contributed by atoms with Crippen LogP contribution in [0, 0.1) is 0 Å². The maximum absolute atomic E-state index is 5.16. The zero-order chi connectivity index (χ0) is 14.6. The number of anilines is 1. The molecule has 0 atom stereocenters. The lowest BCUT2D eigenvalue weighted by Gasteiger charge is -2.22. The van der Waals surface area contributed by atoms with Gasteiger partial charge in [-0.25, -0.2) is 0 Å². The maximum Gasteiger partial charge on any atom is 0.0589 e. The molecule has 4 nitrogen and oxygen atoms in total. The molecule has 0 aromatic heterocycles. The molecule has 0 aliphatic heterocycles. The highest BCUT2D eigenvalue weighted by molar-refractivity contribution is 9.10. The summed E-state index contributed by atoms with van der Waals surface area (Å²) in [5.74, 6) is 0. The standard InChI is InChI=1S/C15H25BrN2O2/c1-19-12-3-9-18(11-13-20-2)10-8-17-15-6-4-14(16)5-7-15/h4-7,17H,3,8-13H2,1-2H3. The Bertz CT molecular complexity index is 346. The number of benzene rings is 1. The molecule has 114 valence electrons. The molecule has 0 aliphatic carbocycles. The zero-order valence-electron chi connectivity index (χ0n) is 12.4. The summed E-state index contributed by atoms with van der Waals surface area (Å²) in [6.07, 6.45) is 1.05. The second kappa shape index (κ2) is 11.1. The molecule has 5 heteroatoms. The van der Waals surface area contributed by atoms with Crippen LogP contribution in [0.5, 0.6) is 0 Å². The van der Waals surface area contributed by atoms with Crippen molar-refractivity contribution in [1.82, 2.24) is 4.90 Å². The highest BCUT2D eigenvalue weighted by Gasteiger charge is 2.04. The zero-order valence-corrected chi connectivity index (χ0v) is 14.0. The SMILES string of the molecule is COCCCN(CCNc1ccc(Br)cc1)CCOC. The van der Waals surface area contributed by atoms with Gasteiger partial charge in [-0.15, -0.1) is 0 Å². The molecule has 0 amide bonds. The third-order valence-electron chi connectivity index (χ3n) is 3.04. The van der Waals surface area contributed by atoms with Crippen molar-refractivity contribution >= 4 is 21.6 Å². The molecule has 1 rings (SSSR count). The molecule has 0 radical (unpaired) electrons. The fourth-order valence-corrected chi connectivity index (χ4v) is 2.18. The van der Waals surface area contributed by atoms with Crippen LogP contribution in [0.4, 0.5) is 5.69 Å². The van der Waals surface area contributed by atoms with E-state index < -0.39 is 0 Å². The number of rotatable bonds is 11. The molecule has 0 bridgehead atoms. The number of nitrogens with zero attached hydrogens (tertiary/aromatic N) is 1. The van der Waals surface area contributed by atoms with E-state index >= 15 is 0 Å². The Labute approximate surface area is 130 Å². The van der Waals surface area contributed by atoms with Gasteiger partial charge in [-0.2, -0.15) is 0 Å². The second-order valence-corrected chi connectivity index (χ2v) is 5.53. The highest BCUT2D eigenvalue weighted by Crippen LogP contribution is 2.13. The van der Waals surface area contributed by atoms with Crippen molar-refractivity contribution in [3.05, 3.63) is 28.7 Å². The van der Waals surface area contributed by atoms with E-state index in [-0.39, 0.29) is 0 Å². The first-order chi connectivity index (χ1) is 9.76. The van der Waals surface area contributed by atoms with E-state index in [0.29, 0.717) is 0 Å². The molecular weight excluding hydrogens is 320 g/mol. The molecule has 0 heterocycles. The van der Waals surface area contributed by atoms with E-state index in [9.17, 15) is 0 Å². The Balaban J connectivity index is 2.27. The van der Waals surface area contributed by atoms with Crippen LogP contribution in [-0.2, 0) is 9.47 Å². The van der Waals surface area contributed by atoms with Crippen LogP contribution in [0.3, 0.4) is 0 Å².